The van der Waals surface area contributed by atoms with Crippen LogP contribution in [0.4, 0.5) is 4.79 Å². The van der Waals surface area contributed by atoms with Crippen LogP contribution in [-0.4, -0.2) is 30.8 Å². The van der Waals surface area contributed by atoms with Gasteiger partial charge in [-0.25, -0.2) is 4.79 Å². The molecule has 19 heavy (non-hydrogen) atoms. The van der Waals surface area contributed by atoms with Gasteiger partial charge in [0.2, 0.25) is 16.9 Å². The van der Waals surface area contributed by atoms with Crippen LogP contribution in [0.2, 0.25) is 0 Å². The number of urea groups is 1. The van der Waals surface area contributed by atoms with E-state index < -0.39 is 39.0 Å². The number of amides is 4. The summed E-state index contributed by atoms with van der Waals surface area (Å²) < 4.78 is 35.1. The lowest BCUT2D eigenvalue weighted by Gasteiger charge is -2.19. The van der Waals surface area contributed by atoms with Crippen LogP contribution in [-0.2, 0) is 26.1 Å². The Kier molecular flexibility index (Phi) is 3.12. The quantitative estimate of drug-likeness (QED) is 0.480. The summed E-state index contributed by atoms with van der Waals surface area (Å²) in [5.74, 6) is -2.81. The molecule has 102 valence electrons. The first-order valence-corrected chi connectivity index (χ1v) is 6.43. The van der Waals surface area contributed by atoms with Crippen molar-refractivity contribution in [1.29, 1.82) is 0 Å². The number of hydrogen-bond donors (Lipinski definition) is 3. The maximum absolute atomic E-state index is 11.4. The minimum absolute atomic E-state index is 0.0114. The molecule has 0 aliphatic carbocycles. The van der Waals surface area contributed by atoms with Crippen molar-refractivity contribution in [3.05, 3.63) is 17.9 Å². The van der Waals surface area contributed by atoms with Crippen molar-refractivity contribution in [2.24, 2.45) is 5.92 Å². The number of hydrogen-bond acceptors (Lipinski definition) is 6. The van der Waals surface area contributed by atoms with E-state index in [-0.39, 0.29) is 12.2 Å². The molecule has 1 saturated heterocycles. The molecule has 0 saturated carbocycles. The van der Waals surface area contributed by atoms with Gasteiger partial charge in [-0.1, -0.05) is 0 Å². The summed E-state index contributed by atoms with van der Waals surface area (Å²) in [4.78, 5) is 33.7. The van der Waals surface area contributed by atoms with Crippen LogP contribution in [0.15, 0.2) is 21.6 Å². The van der Waals surface area contributed by atoms with E-state index in [0.717, 1.165) is 6.07 Å². The third kappa shape index (κ3) is 2.80. The molecule has 1 aromatic heterocycles. The summed E-state index contributed by atoms with van der Waals surface area (Å²) in [5, 5.41) is 3.11. The fourth-order valence-corrected chi connectivity index (χ4v) is 1.99. The summed E-state index contributed by atoms with van der Waals surface area (Å²) in [6, 6.07) is 1.29. The van der Waals surface area contributed by atoms with Gasteiger partial charge in [-0.3, -0.25) is 24.8 Å². The Bertz CT molecular complexity index is 640. The highest BCUT2D eigenvalue weighted by atomic mass is 32.2. The molecule has 4 amide bonds. The van der Waals surface area contributed by atoms with Crippen LogP contribution in [0.3, 0.4) is 0 Å². The topological polar surface area (TPSA) is 143 Å². The molecule has 0 spiro atoms. The monoisotopic (exact) mass is 288 g/mol. The largest absolute Gasteiger partial charge is 0.447 e. The van der Waals surface area contributed by atoms with Crippen molar-refractivity contribution in [3.8, 4) is 0 Å². The van der Waals surface area contributed by atoms with Gasteiger partial charge in [-0.05, 0) is 12.1 Å². The van der Waals surface area contributed by atoms with Gasteiger partial charge in [0.1, 0.15) is 11.7 Å². The molecule has 3 N–H and O–H groups in total. The first-order chi connectivity index (χ1) is 8.77. The maximum atomic E-state index is 11.4. The number of rotatable bonds is 3. The Balaban J connectivity index is 2.17. The molecule has 1 aromatic rings. The van der Waals surface area contributed by atoms with Gasteiger partial charge in [0.05, 0.1) is 0 Å². The highest BCUT2D eigenvalue weighted by Gasteiger charge is 2.35. The Labute approximate surface area is 106 Å². The van der Waals surface area contributed by atoms with Crippen molar-refractivity contribution in [3.63, 3.8) is 0 Å². The molecular formula is C9H8N2O7S. The van der Waals surface area contributed by atoms with E-state index in [1.54, 1.807) is 0 Å². The molecule has 1 fully saturated rings. The molecular weight excluding hydrogens is 280 g/mol. The van der Waals surface area contributed by atoms with Crippen LogP contribution in [0, 0.1) is 5.92 Å². The SMILES string of the molecule is O=C1NC(=O)C(Cc2ccc(S(=O)(=O)O)o2)C(=O)N1. The number of nitrogens with one attached hydrogen (secondary N) is 2. The zero-order valence-electron chi connectivity index (χ0n) is 9.24. The van der Waals surface area contributed by atoms with Crippen molar-refractivity contribution in [2.75, 3.05) is 0 Å². The van der Waals surface area contributed by atoms with Crippen LogP contribution in [0.25, 0.3) is 0 Å². The summed E-state index contributed by atoms with van der Waals surface area (Å²) in [6.07, 6.45) is -0.236. The maximum Gasteiger partial charge on any atom is 0.328 e. The van der Waals surface area contributed by atoms with E-state index >= 15 is 0 Å². The minimum atomic E-state index is -4.48. The molecule has 0 aromatic carbocycles. The summed E-state index contributed by atoms with van der Waals surface area (Å²) >= 11 is 0. The molecule has 1 aliphatic heterocycles. The lowest BCUT2D eigenvalue weighted by Crippen LogP contribution is -2.56. The van der Waals surface area contributed by atoms with Crippen LogP contribution < -0.4 is 10.6 Å². The number of carbonyl (C=O) groups excluding carboxylic acids is 3. The summed E-state index contributed by atoms with van der Waals surface area (Å²) in [7, 11) is -4.48. The second-order valence-corrected chi connectivity index (χ2v) is 5.11. The summed E-state index contributed by atoms with van der Waals surface area (Å²) in [5.41, 5.74) is 0. The van der Waals surface area contributed by atoms with E-state index in [9.17, 15) is 22.8 Å². The number of imide groups is 2. The van der Waals surface area contributed by atoms with E-state index in [2.05, 4.69) is 0 Å². The van der Waals surface area contributed by atoms with Crippen LogP contribution >= 0.6 is 0 Å². The molecule has 0 radical (unpaired) electrons. The minimum Gasteiger partial charge on any atom is -0.447 e. The fraction of sp³-hybridized carbons (Fsp3) is 0.222. The van der Waals surface area contributed by atoms with Crippen molar-refractivity contribution < 1.29 is 31.8 Å². The van der Waals surface area contributed by atoms with Gasteiger partial charge in [-0.2, -0.15) is 8.42 Å². The van der Waals surface area contributed by atoms with Crippen molar-refractivity contribution in [1.82, 2.24) is 10.6 Å². The first kappa shape index (κ1) is 13.2. The molecule has 2 heterocycles. The normalized spacial score (nSPS) is 17.2. The predicted molar refractivity (Wildman–Crippen MR) is 57.4 cm³/mol. The fourth-order valence-electron chi connectivity index (χ4n) is 1.54. The Morgan fingerprint density at radius 1 is 1.16 bits per heavy atom. The van der Waals surface area contributed by atoms with Crippen molar-refractivity contribution >= 4 is 28.0 Å². The predicted octanol–water partition coefficient (Wildman–Crippen LogP) is -0.949. The zero-order valence-corrected chi connectivity index (χ0v) is 10.1. The van der Waals surface area contributed by atoms with Gasteiger partial charge < -0.3 is 4.42 Å². The standard InChI is InChI=1S/C9H8N2O7S/c12-7-5(8(13)11-9(14)10-7)3-4-1-2-6(18-4)19(15,16)17/h1-2,5H,3H2,(H,15,16,17)(H2,10,11,12,13,14). The highest BCUT2D eigenvalue weighted by molar-refractivity contribution is 7.85. The zero-order chi connectivity index (χ0) is 14.2. The second kappa shape index (κ2) is 4.48. The third-order valence-corrected chi connectivity index (χ3v) is 3.13. The number of carbonyl (C=O) groups is 3. The van der Waals surface area contributed by atoms with Gasteiger partial charge in [0.25, 0.3) is 0 Å². The Morgan fingerprint density at radius 2 is 1.74 bits per heavy atom. The molecule has 0 atom stereocenters. The molecule has 2 rings (SSSR count). The highest BCUT2D eigenvalue weighted by Crippen LogP contribution is 2.18. The smallest absolute Gasteiger partial charge is 0.328 e. The van der Waals surface area contributed by atoms with Gasteiger partial charge in [0.15, 0.2) is 0 Å². The van der Waals surface area contributed by atoms with E-state index in [1.165, 1.54) is 6.07 Å². The van der Waals surface area contributed by atoms with Crippen molar-refractivity contribution in [2.45, 2.75) is 11.5 Å². The Hall–Kier alpha value is -2.20. The van der Waals surface area contributed by atoms with Crippen LogP contribution in [0.5, 0.6) is 0 Å². The molecule has 0 unspecified atom stereocenters. The third-order valence-electron chi connectivity index (χ3n) is 2.40. The van der Waals surface area contributed by atoms with Crippen LogP contribution in [0.1, 0.15) is 5.76 Å². The Morgan fingerprint density at radius 3 is 2.21 bits per heavy atom. The van der Waals surface area contributed by atoms with Gasteiger partial charge >= 0.3 is 16.1 Å². The molecule has 9 nitrogen and oxygen atoms in total. The lowest BCUT2D eigenvalue weighted by atomic mass is 10.0. The van der Waals surface area contributed by atoms with Gasteiger partial charge in [0, 0.05) is 6.42 Å². The van der Waals surface area contributed by atoms with E-state index in [4.69, 9.17) is 8.97 Å². The summed E-state index contributed by atoms with van der Waals surface area (Å²) in [6.45, 7) is 0. The molecule has 0 bridgehead atoms. The number of barbiturate groups is 1. The van der Waals surface area contributed by atoms with E-state index in [0.29, 0.717) is 0 Å². The first-order valence-electron chi connectivity index (χ1n) is 4.99. The lowest BCUT2D eigenvalue weighted by molar-refractivity contribution is -0.135. The average molecular weight is 288 g/mol. The second-order valence-electron chi connectivity index (χ2n) is 3.76. The molecule has 1 aliphatic rings. The van der Waals surface area contributed by atoms with E-state index in [1.807, 2.05) is 10.6 Å². The van der Waals surface area contributed by atoms with Gasteiger partial charge in [-0.15, -0.1) is 0 Å². The number of furan rings is 1. The molecule has 10 heteroatoms. The average Bonchev–Trinajstić information content (AvgIpc) is 2.71.